The molecule has 2 aliphatic heterocycles. The molecule has 1 aliphatic carbocycles. The Balaban J connectivity index is 1.69. The first-order chi connectivity index (χ1) is 12.2. The minimum Gasteiger partial charge on any atom is -0.463 e. The Bertz CT molecular complexity index is 898. The van der Waals surface area contributed by atoms with Crippen LogP contribution in [0.5, 0.6) is 0 Å². The molecule has 0 saturated carbocycles. The zero-order chi connectivity index (χ0) is 17.2. The summed E-state index contributed by atoms with van der Waals surface area (Å²) in [6, 6.07) is 18.6. The number of rotatable bonds is 3. The largest absolute Gasteiger partial charge is 0.463 e. The van der Waals surface area contributed by atoms with Crippen LogP contribution in [0.4, 0.5) is 0 Å². The van der Waals surface area contributed by atoms with Crippen LogP contribution in [0.15, 0.2) is 60.2 Å². The molecular formula is C22H20O3. The third-order valence-electron chi connectivity index (χ3n) is 5.97. The number of hydrogen-bond donors (Lipinski definition) is 0. The average molecular weight is 332 g/mol. The van der Waals surface area contributed by atoms with Gasteiger partial charge in [0, 0.05) is 17.4 Å². The Labute approximate surface area is 147 Å². The van der Waals surface area contributed by atoms with Crippen molar-refractivity contribution >= 4 is 11.5 Å². The van der Waals surface area contributed by atoms with E-state index < -0.39 is 5.60 Å². The van der Waals surface area contributed by atoms with E-state index in [0.29, 0.717) is 6.61 Å². The molecule has 4 atom stereocenters. The molecule has 1 fully saturated rings. The highest BCUT2D eigenvalue weighted by Crippen LogP contribution is 2.71. The maximum atomic E-state index is 12.7. The van der Waals surface area contributed by atoms with E-state index in [4.69, 9.17) is 9.47 Å². The first-order valence-electron chi connectivity index (χ1n) is 8.90. The number of carbonyl (C=O) groups is 1. The molecule has 0 spiro atoms. The predicted molar refractivity (Wildman–Crippen MR) is 94.6 cm³/mol. The van der Waals surface area contributed by atoms with E-state index in [1.54, 1.807) is 0 Å². The van der Waals surface area contributed by atoms with Gasteiger partial charge in [-0.05, 0) is 36.1 Å². The Hall–Kier alpha value is -2.39. The van der Waals surface area contributed by atoms with Crippen molar-refractivity contribution < 1.29 is 14.3 Å². The molecule has 25 heavy (non-hydrogen) atoms. The van der Waals surface area contributed by atoms with Crippen molar-refractivity contribution in [3.05, 3.63) is 76.9 Å². The molecule has 4 unspecified atom stereocenters. The molecule has 1 saturated heterocycles. The minimum absolute atomic E-state index is 0.0274. The van der Waals surface area contributed by atoms with Gasteiger partial charge < -0.3 is 9.47 Å². The number of hydrogen-bond acceptors (Lipinski definition) is 3. The van der Waals surface area contributed by atoms with Gasteiger partial charge in [-0.2, -0.15) is 0 Å². The lowest BCUT2D eigenvalue weighted by molar-refractivity contribution is -0.140. The summed E-state index contributed by atoms with van der Waals surface area (Å²) in [6.07, 6.45) is 0.0274. The van der Waals surface area contributed by atoms with Crippen molar-refractivity contribution in [1.29, 1.82) is 0 Å². The fourth-order valence-corrected chi connectivity index (χ4v) is 5.05. The van der Waals surface area contributed by atoms with Crippen LogP contribution in [0.1, 0.15) is 36.6 Å². The van der Waals surface area contributed by atoms with Gasteiger partial charge in [-0.3, -0.25) is 0 Å². The number of benzene rings is 2. The van der Waals surface area contributed by atoms with Crippen LogP contribution < -0.4 is 0 Å². The Morgan fingerprint density at radius 2 is 1.84 bits per heavy atom. The smallest absolute Gasteiger partial charge is 0.334 e. The summed E-state index contributed by atoms with van der Waals surface area (Å²) >= 11 is 0. The number of fused-ring (bicyclic) bond motifs is 8. The summed E-state index contributed by atoms with van der Waals surface area (Å²) in [5.74, 6) is 0.0980. The van der Waals surface area contributed by atoms with Crippen LogP contribution >= 0.6 is 0 Å². The first kappa shape index (κ1) is 14.9. The number of esters is 1. The Morgan fingerprint density at radius 3 is 2.60 bits per heavy atom. The summed E-state index contributed by atoms with van der Waals surface area (Å²) in [5.41, 5.74) is 5.05. The predicted octanol–water partition coefficient (Wildman–Crippen LogP) is 4.25. The SMILES string of the molecule is CCOC(=O)C1=C(c2ccccc2)C2C3OC(C)(c4ccccc43)C12. The van der Waals surface area contributed by atoms with Gasteiger partial charge >= 0.3 is 5.97 Å². The normalized spacial score (nSPS) is 31.4. The van der Waals surface area contributed by atoms with Crippen molar-refractivity contribution in [2.45, 2.75) is 25.6 Å². The fraction of sp³-hybridized carbons (Fsp3) is 0.318. The molecule has 126 valence electrons. The van der Waals surface area contributed by atoms with Gasteiger partial charge in [0.2, 0.25) is 0 Å². The molecule has 3 aliphatic rings. The highest BCUT2D eigenvalue weighted by Gasteiger charge is 2.68. The maximum absolute atomic E-state index is 12.7. The molecule has 3 nitrogen and oxygen atoms in total. The van der Waals surface area contributed by atoms with Crippen LogP contribution in [0.2, 0.25) is 0 Å². The van der Waals surface area contributed by atoms with Crippen LogP contribution in [0, 0.1) is 11.8 Å². The van der Waals surface area contributed by atoms with Gasteiger partial charge in [-0.25, -0.2) is 4.79 Å². The van der Waals surface area contributed by atoms with Crippen LogP contribution in [0.25, 0.3) is 5.57 Å². The lowest BCUT2D eigenvalue weighted by Crippen LogP contribution is -2.44. The molecule has 5 rings (SSSR count). The van der Waals surface area contributed by atoms with Crippen molar-refractivity contribution in [2.75, 3.05) is 6.61 Å². The second kappa shape index (κ2) is 5.06. The first-order valence-corrected chi connectivity index (χ1v) is 8.90. The van der Waals surface area contributed by atoms with Gasteiger partial charge in [0.05, 0.1) is 18.3 Å². The summed E-state index contributed by atoms with van der Waals surface area (Å²) in [7, 11) is 0. The van der Waals surface area contributed by atoms with E-state index >= 15 is 0 Å². The fourth-order valence-electron chi connectivity index (χ4n) is 5.05. The summed E-state index contributed by atoms with van der Waals surface area (Å²) in [4.78, 5) is 12.7. The third kappa shape index (κ3) is 1.77. The van der Waals surface area contributed by atoms with Crippen molar-refractivity contribution in [1.82, 2.24) is 0 Å². The number of carbonyl (C=O) groups excluding carboxylic acids is 1. The van der Waals surface area contributed by atoms with Crippen LogP contribution in [-0.4, -0.2) is 12.6 Å². The standard InChI is InChI=1S/C22H20O3/c1-3-24-21(23)18-16(13-9-5-4-6-10-13)17-19(18)22(2)15-12-8-7-11-14(15)20(17)25-22/h4-12,17,19-20H,3H2,1-2H3. The maximum Gasteiger partial charge on any atom is 0.334 e. The quantitative estimate of drug-likeness (QED) is 0.788. The van der Waals surface area contributed by atoms with Gasteiger partial charge in [-0.15, -0.1) is 0 Å². The highest BCUT2D eigenvalue weighted by molar-refractivity contribution is 6.04. The monoisotopic (exact) mass is 332 g/mol. The molecule has 3 heteroatoms. The van der Waals surface area contributed by atoms with Crippen molar-refractivity contribution in [2.24, 2.45) is 11.8 Å². The Kier molecular flexibility index (Phi) is 3.02. The van der Waals surface area contributed by atoms with Gasteiger partial charge in [0.25, 0.3) is 0 Å². The zero-order valence-electron chi connectivity index (χ0n) is 14.4. The topological polar surface area (TPSA) is 35.5 Å². The van der Waals surface area contributed by atoms with Gasteiger partial charge in [-0.1, -0.05) is 54.6 Å². The van der Waals surface area contributed by atoms with E-state index in [-0.39, 0.29) is 23.9 Å². The highest BCUT2D eigenvalue weighted by atomic mass is 16.5. The van der Waals surface area contributed by atoms with E-state index in [1.165, 1.54) is 11.1 Å². The molecule has 0 N–H and O–H groups in total. The van der Waals surface area contributed by atoms with E-state index in [9.17, 15) is 4.79 Å². The van der Waals surface area contributed by atoms with Crippen LogP contribution in [0.3, 0.4) is 0 Å². The summed E-state index contributed by atoms with van der Waals surface area (Å²) in [5, 5.41) is 0. The molecule has 0 amide bonds. The Morgan fingerprint density at radius 1 is 1.12 bits per heavy atom. The van der Waals surface area contributed by atoms with E-state index in [0.717, 1.165) is 16.7 Å². The summed E-state index contributed by atoms with van der Waals surface area (Å²) in [6.45, 7) is 4.36. The second-order valence-electron chi connectivity index (χ2n) is 7.15. The molecule has 2 aromatic carbocycles. The van der Waals surface area contributed by atoms with E-state index in [1.807, 2.05) is 31.2 Å². The van der Waals surface area contributed by atoms with Gasteiger partial charge in [0.1, 0.15) is 0 Å². The molecular weight excluding hydrogens is 312 g/mol. The second-order valence-corrected chi connectivity index (χ2v) is 7.15. The van der Waals surface area contributed by atoms with Crippen molar-refractivity contribution in [3.8, 4) is 0 Å². The average Bonchev–Trinajstić information content (AvgIpc) is 3.02. The van der Waals surface area contributed by atoms with Crippen LogP contribution in [-0.2, 0) is 19.9 Å². The summed E-state index contributed by atoms with van der Waals surface area (Å²) < 4.78 is 11.9. The molecule has 2 aromatic rings. The third-order valence-corrected chi connectivity index (χ3v) is 5.97. The molecule has 0 aromatic heterocycles. The van der Waals surface area contributed by atoms with E-state index in [2.05, 4.69) is 37.3 Å². The lowest BCUT2D eigenvalue weighted by Gasteiger charge is -2.45. The molecule has 0 radical (unpaired) electrons. The minimum atomic E-state index is -0.438. The zero-order valence-corrected chi connectivity index (χ0v) is 14.4. The number of ether oxygens (including phenoxy) is 2. The molecule has 2 bridgehead atoms. The van der Waals surface area contributed by atoms with Crippen molar-refractivity contribution in [3.63, 3.8) is 0 Å². The molecule has 2 heterocycles. The van der Waals surface area contributed by atoms with Gasteiger partial charge in [0.15, 0.2) is 0 Å². The lowest BCUT2D eigenvalue weighted by atomic mass is 9.55.